The van der Waals surface area contributed by atoms with Gasteiger partial charge in [0.25, 0.3) is 5.91 Å². The fraction of sp³-hybridized carbons (Fsp3) is 0.478. The third kappa shape index (κ3) is 5.21. The molecule has 7 nitrogen and oxygen atoms in total. The van der Waals surface area contributed by atoms with Gasteiger partial charge < -0.3 is 15.1 Å². The van der Waals surface area contributed by atoms with Gasteiger partial charge in [0, 0.05) is 49.9 Å². The Morgan fingerprint density at radius 2 is 1.90 bits per heavy atom. The summed E-state index contributed by atoms with van der Waals surface area (Å²) >= 11 is 0. The average Bonchev–Trinajstić information content (AvgIpc) is 2.81. The number of hydrogen-bond acceptors (Lipinski definition) is 4. The summed E-state index contributed by atoms with van der Waals surface area (Å²) in [6.45, 7) is 4.31. The molecule has 0 spiro atoms. The number of likely N-dealkylation sites (tertiary alicyclic amines) is 2. The van der Waals surface area contributed by atoms with E-state index >= 15 is 0 Å². The quantitative estimate of drug-likeness (QED) is 0.763. The van der Waals surface area contributed by atoms with Crippen molar-refractivity contribution < 1.29 is 14.5 Å². The molecular formula is C23H30N5O2+. The zero-order chi connectivity index (χ0) is 20.8. The molecule has 0 bridgehead atoms. The van der Waals surface area contributed by atoms with Crippen molar-refractivity contribution in [3.05, 3.63) is 60.2 Å². The lowest BCUT2D eigenvalue weighted by atomic mass is 9.95. The highest BCUT2D eigenvalue weighted by molar-refractivity contribution is 5.92. The third-order valence-corrected chi connectivity index (χ3v) is 6.20. The van der Waals surface area contributed by atoms with E-state index in [1.807, 2.05) is 6.07 Å². The van der Waals surface area contributed by atoms with Crippen molar-refractivity contribution >= 4 is 11.8 Å². The van der Waals surface area contributed by atoms with Crippen LogP contribution in [0.25, 0.3) is 0 Å². The van der Waals surface area contributed by atoms with Crippen LogP contribution in [-0.2, 0) is 11.3 Å². The molecule has 4 rings (SSSR count). The molecule has 2 aliphatic heterocycles. The maximum atomic E-state index is 12.9. The summed E-state index contributed by atoms with van der Waals surface area (Å²) < 4.78 is 0. The Kier molecular flexibility index (Phi) is 6.69. The summed E-state index contributed by atoms with van der Waals surface area (Å²) in [7, 11) is 0. The van der Waals surface area contributed by atoms with Gasteiger partial charge in [-0.2, -0.15) is 0 Å². The lowest BCUT2D eigenvalue weighted by Gasteiger charge is -2.34. The molecule has 0 radical (unpaired) electrons. The van der Waals surface area contributed by atoms with Crippen molar-refractivity contribution in [2.75, 3.05) is 26.2 Å². The Morgan fingerprint density at radius 1 is 1.10 bits per heavy atom. The number of quaternary nitrogens is 1. The molecule has 30 heavy (non-hydrogen) atoms. The van der Waals surface area contributed by atoms with Crippen LogP contribution in [0.3, 0.4) is 0 Å². The summed E-state index contributed by atoms with van der Waals surface area (Å²) in [5, 5.41) is 3.25. The van der Waals surface area contributed by atoms with E-state index in [2.05, 4.69) is 39.6 Å². The molecule has 0 saturated carbocycles. The van der Waals surface area contributed by atoms with Gasteiger partial charge in [-0.15, -0.1) is 0 Å². The Labute approximate surface area is 177 Å². The summed E-state index contributed by atoms with van der Waals surface area (Å²) in [5.74, 6) is -0.198. The largest absolute Gasteiger partial charge is 0.353 e. The van der Waals surface area contributed by atoms with Crippen molar-refractivity contribution in [1.82, 2.24) is 20.2 Å². The van der Waals surface area contributed by atoms with Gasteiger partial charge in [-0.1, -0.05) is 30.3 Å². The summed E-state index contributed by atoms with van der Waals surface area (Å²) in [5.41, 5.74) is 1.71. The average molecular weight is 409 g/mol. The van der Waals surface area contributed by atoms with Gasteiger partial charge >= 0.3 is 0 Å². The maximum Gasteiger partial charge on any atom is 0.274 e. The van der Waals surface area contributed by atoms with E-state index < -0.39 is 0 Å². The van der Waals surface area contributed by atoms with Crippen LogP contribution < -0.4 is 10.2 Å². The van der Waals surface area contributed by atoms with Crippen molar-refractivity contribution in [1.29, 1.82) is 0 Å². The zero-order valence-corrected chi connectivity index (χ0v) is 17.3. The van der Waals surface area contributed by atoms with Crippen LogP contribution in [-0.4, -0.2) is 58.9 Å². The number of nitrogens with zero attached hydrogens (tertiary/aromatic N) is 3. The highest BCUT2D eigenvalue weighted by atomic mass is 16.2. The van der Waals surface area contributed by atoms with Crippen LogP contribution in [0.1, 0.15) is 41.7 Å². The smallest absolute Gasteiger partial charge is 0.274 e. The van der Waals surface area contributed by atoms with E-state index in [9.17, 15) is 9.59 Å². The second kappa shape index (κ2) is 9.80. The van der Waals surface area contributed by atoms with E-state index in [1.165, 1.54) is 18.0 Å². The molecule has 2 N–H and O–H groups in total. The number of aromatic nitrogens is 2. The standard InChI is InChI=1S/C23H29N5O2/c29-22(19-7-4-12-28(17-19)23(30)21-15-24-10-11-25-21)26-20-8-13-27(14-9-20)16-18-5-2-1-3-6-18/h1-3,5-6,10-11,15,19-20H,4,7-9,12-14,16-17H2,(H,26,29)/p+1/t19-/m0/s1. The number of carbonyl (C=O) groups excluding carboxylic acids is 2. The summed E-state index contributed by atoms with van der Waals surface area (Å²) in [6, 6.07) is 10.8. The first kappa shape index (κ1) is 20.5. The second-order valence-corrected chi connectivity index (χ2v) is 8.38. The molecule has 158 valence electrons. The van der Waals surface area contributed by atoms with E-state index in [0.29, 0.717) is 18.8 Å². The Balaban J connectivity index is 1.24. The van der Waals surface area contributed by atoms with E-state index in [1.54, 1.807) is 16.0 Å². The Bertz CT molecular complexity index is 837. The molecule has 2 fully saturated rings. The van der Waals surface area contributed by atoms with Gasteiger partial charge in [-0.05, 0) is 12.8 Å². The molecular weight excluding hydrogens is 378 g/mol. The van der Waals surface area contributed by atoms with Crippen molar-refractivity contribution in [3.63, 3.8) is 0 Å². The van der Waals surface area contributed by atoms with E-state index in [-0.39, 0.29) is 23.8 Å². The van der Waals surface area contributed by atoms with E-state index in [4.69, 9.17) is 0 Å². The number of rotatable bonds is 5. The Morgan fingerprint density at radius 3 is 2.63 bits per heavy atom. The fourth-order valence-electron chi connectivity index (χ4n) is 4.50. The van der Waals surface area contributed by atoms with Crippen LogP contribution in [0.5, 0.6) is 0 Å². The number of carbonyl (C=O) groups is 2. The van der Waals surface area contributed by atoms with Gasteiger partial charge in [0.2, 0.25) is 5.91 Å². The van der Waals surface area contributed by atoms with Crippen LogP contribution >= 0.6 is 0 Å². The van der Waals surface area contributed by atoms with Crippen LogP contribution in [0.2, 0.25) is 0 Å². The number of benzene rings is 1. The first-order chi connectivity index (χ1) is 14.7. The van der Waals surface area contributed by atoms with Crippen molar-refractivity contribution in [3.8, 4) is 0 Å². The molecule has 0 aliphatic carbocycles. The fourth-order valence-corrected chi connectivity index (χ4v) is 4.50. The van der Waals surface area contributed by atoms with Crippen LogP contribution in [0.15, 0.2) is 48.9 Å². The second-order valence-electron chi connectivity index (χ2n) is 8.38. The molecule has 2 aliphatic rings. The molecule has 2 saturated heterocycles. The SMILES string of the molecule is O=C(NC1CC[NH+](Cc2ccccc2)CC1)[C@H]1CCCN(C(=O)c2cnccn2)C1. The Hall–Kier alpha value is -2.80. The van der Waals surface area contributed by atoms with E-state index in [0.717, 1.165) is 45.3 Å². The molecule has 1 atom stereocenters. The van der Waals surface area contributed by atoms with Crippen LogP contribution in [0, 0.1) is 5.92 Å². The monoisotopic (exact) mass is 408 g/mol. The first-order valence-electron chi connectivity index (χ1n) is 10.9. The van der Waals surface area contributed by atoms with Gasteiger partial charge in [-0.3, -0.25) is 14.6 Å². The first-order valence-corrected chi connectivity index (χ1v) is 10.9. The zero-order valence-electron chi connectivity index (χ0n) is 17.3. The number of nitrogens with one attached hydrogen (secondary N) is 2. The minimum atomic E-state index is -0.144. The molecule has 2 aromatic rings. The molecule has 2 amide bonds. The summed E-state index contributed by atoms with van der Waals surface area (Å²) in [4.78, 5) is 36.9. The number of amides is 2. The summed E-state index contributed by atoms with van der Waals surface area (Å²) in [6.07, 6.45) is 8.23. The van der Waals surface area contributed by atoms with Crippen molar-refractivity contribution in [2.45, 2.75) is 38.3 Å². The van der Waals surface area contributed by atoms with Gasteiger partial charge in [0.1, 0.15) is 12.2 Å². The molecule has 3 heterocycles. The number of hydrogen-bond donors (Lipinski definition) is 2. The topological polar surface area (TPSA) is 79.6 Å². The highest BCUT2D eigenvalue weighted by Gasteiger charge is 2.31. The normalized spacial score (nSPS) is 24.3. The lowest BCUT2D eigenvalue weighted by Crippen LogP contribution is -3.12. The van der Waals surface area contributed by atoms with Gasteiger partial charge in [0.15, 0.2) is 0 Å². The highest BCUT2D eigenvalue weighted by Crippen LogP contribution is 2.19. The molecule has 7 heteroatoms. The molecule has 1 aromatic carbocycles. The van der Waals surface area contributed by atoms with Crippen LogP contribution in [0.4, 0.5) is 0 Å². The lowest BCUT2D eigenvalue weighted by molar-refractivity contribution is -0.918. The predicted octanol–water partition coefficient (Wildman–Crippen LogP) is 0.693. The third-order valence-electron chi connectivity index (χ3n) is 6.20. The maximum absolute atomic E-state index is 12.9. The molecule has 1 aromatic heterocycles. The minimum Gasteiger partial charge on any atom is -0.353 e. The predicted molar refractivity (Wildman–Crippen MR) is 113 cm³/mol. The minimum absolute atomic E-state index is 0.0863. The number of piperidine rings is 2. The molecule has 0 unspecified atom stereocenters. The van der Waals surface area contributed by atoms with Gasteiger partial charge in [0.05, 0.1) is 25.2 Å². The van der Waals surface area contributed by atoms with Gasteiger partial charge in [-0.25, -0.2) is 4.98 Å². The van der Waals surface area contributed by atoms with Crippen molar-refractivity contribution in [2.24, 2.45) is 5.92 Å².